The molecule has 7 nitrogen and oxygen atoms in total. The second-order valence-corrected chi connectivity index (χ2v) is 4.65. The molecule has 0 fully saturated rings. The lowest BCUT2D eigenvalue weighted by atomic mass is 10.1. The Hall–Kier alpha value is -2.54. The van der Waals surface area contributed by atoms with E-state index in [1.54, 1.807) is 24.3 Å². The molecule has 7 heteroatoms. The highest BCUT2D eigenvalue weighted by molar-refractivity contribution is 6.21. The lowest BCUT2D eigenvalue weighted by molar-refractivity contribution is -0.144. The Morgan fingerprint density at radius 3 is 2.23 bits per heavy atom. The van der Waals surface area contributed by atoms with E-state index in [0.29, 0.717) is 11.1 Å². The molecule has 0 radical (unpaired) electrons. The maximum atomic E-state index is 12.0. The molecular weight excluding hydrogens is 290 g/mol. The van der Waals surface area contributed by atoms with Gasteiger partial charge in [-0.05, 0) is 12.1 Å². The van der Waals surface area contributed by atoms with Gasteiger partial charge in [0, 0.05) is 0 Å². The van der Waals surface area contributed by atoms with Crippen molar-refractivity contribution in [2.24, 2.45) is 0 Å². The van der Waals surface area contributed by atoms with Gasteiger partial charge < -0.3 is 9.47 Å². The van der Waals surface area contributed by atoms with Crippen molar-refractivity contribution < 1.29 is 28.7 Å². The fourth-order valence-electron chi connectivity index (χ4n) is 2.07. The molecule has 1 aromatic rings. The number of fused-ring (bicyclic) bond motifs is 1. The van der Waals surface area contributed by atoms with E-state index in [9.17, 15) is 19.2 Å². The van der Waals surface area contributed by atoms with Crippen LogP contribution in [0.25, 0.3) is 0 Å². The summed E-state index contributed by atoms with van der Waals surface area (Å²) in [6.45, 7) is -0.186. The van der Waals surface area contributed by atoms with Crippen molar-refractivity contribution in [1.82, 2.24) is 4.90 Å². The van der Waals surface area contributed by atoms with Crippen LogP contribution in [0.3, 0.4) is 0 Å². The highest BCUT2D eigenvalue weighted by Gasteiger charge is 2.34. The zero-order valence-electron chi connectivity index (χ0n) is 12.0. The first kappa shape index (κ1) is 15.8. The van der Waals surface area contributed by atoms with Crippen molar-refractivity contribution >= 4 is 23.6 Å². The number of carbonyl (C=O) groups is 4. The molecule has 1 aliphatic heterocycles. The fourth-order valence-corrected chi connectivity index (χ4v) is 2.07. The van der Waals surface area contributed by atoms with E-state index < -0.39 is 11.8 Å². The Morgan fingerprint density at radius 2 is 1.68 bits per heavy atom. The van der Waals surface area contributed by atoms with Gasteiger partial charge in [0.15, 0.2) is 5.78 Å². The molecule has 0 atom stereocenters. The van der Waals surface area contributed by atoms with Crippen molar-refractivity contribution in [2.75, 3.05) is 26.9 Å². The average Bonchev–Trinajstić information content (AvgIpc) is 2.76. The topological polar surface area (TPSA) is 90.0 Å². The summed E-state index contributed by atoms with van der Waals surface area (Å²) in [5, 5.41) is 0. The maximum absolute atomic E-state index is 12.0. The molecule has 2 amide bonds. The van der Waals surface area contributed by atoms with Crippen molar-refractivity contribution in [3.8, 4) is 0 Å². The lowest BCUT2D eigenvalue weighted by Crippen LogP contribution is -2.33. The smallest absolute Gasteiger partial charge is 0.313 e. The van der Waals surface area contributed by atoms with E-state index >= 15 is 0 Å². The van der Waals surface area contributed by atoms with Gasteiger partial charge in [0.1, 0.15) is 13.0 Å². The summed E-state index contributed by atoms with van der Waals surface area (Å²) in [4.78, 5) is 47.4. The highest BCUT2D eigenvalue weighted by atomic mass is 16.5. The van der Waals surface area contributed by atoms with E-state index in [0.717, 1.165) is 4.90 Å². The third-order valence-electron chi connectivity index (χ3n) is 3.17. The van der Waals surface area contributed by atoms with Gasteiger partial charge in [-0.2, -0.15) is 0 Å². The minimum atomic E-state index is -0.631. The van der Waals surface area contributed by atoms with Gasteiger partial charge in [-0.15, -0.1) is 0 Å². The van der Waals surface area contributed by atoms with Gasteiger partial charge in [-0.25, -0.2) is 0 Å². The molecule has 0 aliphatic carbocycles. The summed E-state index contributed by atoms with van der Waals surface area (Å²) in [5.41, 5.74) is 0.739. The number of ketones is 1. The summed E-state index contributed by atoms with van der Waals surface area (Å²) in [7, 11) is 1.19. The number of nitrogens with zero attached hydrogens (tertiary/aromatic N) is 1. The summed E-state index contributed by atoms with van der Waals surface area (Å²) in [5.74, 6) is -1.79. The van der Waals surface area contributed by atoms with Crippen molar-refractivity contribution in [1.29, 1.82) is 0 Å². The van der Waals surface area contributed by atoms with E-state index in [-0.39, 0.29) is 38.0 Å². The van der Waals surface area contributed by atoms with E-state index in [4.69, 9.17) is 4.74 Å². The SMILES string of the molecule is COC(=O)CC(=O)COCCN1C(=O)c2ccccc2C1=O. The van der Waals surface area contributed by atoms with Gasteiger partial charge >= 0.3 is 5.97 Å². The van der Waals surface area contributed by atoms with Crippen LogP contribution < -0.4 is 0 Å². The predicted molar refractivity (Wildman–Crippen MR) is 74.3 cm³/mol. The standard InChI is InChI=1S/C15H15NO6/c1-21-13(18)8-10(17)9-22-7-6-16-14(19)11-4-2-3-5-12(11)15(16)20/h2-5H,6-9H2,1H3. The highest BCUT2D eigenvalue weighted by Crippen LogP contribution is 2.21. The zero-order chi connectivity index (χ0) is 16.1. The van der Waals surface area contributed by atoms with Gasteiger partial charge in [0.25, 0.3) is 11.8 Å². The van der Waals surface area contributed by atoms with Crippen LogP contribution in [0.2, 0.25) is 0 Å². The molecule has 0 aromatic heterocycles. The Bertz CT molecular complexity index is 589. The van der Waals surface area contributed by atoms with Gasteiger partial charge in [0.05, 0.1) is 31.4 Å². The lowest BCUT2D eigenvalue weighted by Gasteiger charge is -2.13. The average molecular weight is 305 g/mol. The molecule has 0 bridgehead atoms. The monoisotopic (exact) mass is 305 g/mol. The zero-order valence-corrected chi connectivity index (χ0v) is 12.0. The molecule has 116 valence electrons. The molecule has 1 aliphatic rings. The number of ether oxygens (including phenoxy) is 2. The fraction of sp³-hybridized carbons (Fsp3) is 0.333. The molecule has 0 spiro atoms. The largest absolute Gasteiger partial charge is 0.469 e. The van der Waals surface area contributed by atoms with Crippen LogP contribution >= 0.6 is 0 Å². The molecule has 1 heterocycles. The molecule has 22 heavy (non-hydrogen) atoms. The van der Waals surface area contributed by atoms with Crippen LogP contribution in [0.5, 0.6) is 0 Å². The van der Waals surface area contributed by atoms with Gasteiger partial charge in [-0.1, -0.05) is 12.1 Å². The van der Waals surface area contributed by atoms with Crippen LogP contribution in [0.15, 0.2) is 24.3 Å². The summed E-state index contributed by atoms with van der Waals surface area (Å²) in [6.07, 6.45) is -0.358. The van der Waals surface area contributed by atoms with Crippen LogP contribution in [0, 0.1) is 0 Å². The Labute approximate surface area is 126 Å². The first-order chi connectivity index (χ1) is 10.5. The quantitative estimate of drug-likeness (QED) is 0.314. The number of rotatable bonds is 7. The van der Waals surface area contributed by atoms with Crippen molar-refractivity contribution in [2.45, 2.75) is 6.42 Å². The number of amides is 2. The van der Waals surface area contributed by atoms with Crippen LogP contribution in [-0.2, 0) is 19.1 Å². The van der Waals surface area contributed by atoms with Crippen LogP contribution in [0.4, 0.5) is 0 Å². The number of Topliss-reactive ketones (excluding diaryl/α,β-unsaturated/α-hetero) is 1. The molecule has 0 unspecified atom stereocenters. The normalized spacial score (nSPS) is 13.2. The van der Waals surface area contributed by atoms with Crippen LogP contribution in [-0.4, -0.2) is 55.3 Å². The summed E-state index contributed by atoms with van der Waals surface area (Å²) >= 11 is 0. The number of methoxy groups -OCH3 is 1. The molecule has 0 saturated carbocycles. The predicted octanol–water partition coefficient (Wildman–Crippen LogP) is 0.431. The van der Waals surface area contributed by atoms with E-state index in [1.165, 1.54) is 7.11 Å². The first-order valence-corrected chi connectivity index (χ1v) is 6.66. The Morgan fingerprint density at radius 1 is 1.09 bits per heavy atom. The van der Waals surface area contributed by atoms with Crippen molar-refractivity contribution in [3.05, 3.63) is 35.4 Å². The second-order valence-electron chi connectivity index (χ2n) is 4.65. The second kappa shape index (κ2) is 6.95. The third kappa shape index (κ3) is 3.37. The van der Waals surface area contributed by atoms with Crippen molar-refractivity contribution in [3.63, 3.8) is 0 Å². The molecule has 2 rings (SSSR count). The Balaban J connectivity index is 1.79. The molecule has 0 N–H and O–H groups in total. The number of hydrogen-bond acceptors (Lipinski definition) is 6. The molecule has 0 saturated heterocycles. The maximum Gasteiger partial charge on any atom is 0.313 e. The first-order valence-electron chi connectivity index (χ1n) is 6.66. The number of imide groups is 1. The number of benzene rings is 1. The van der Waals surface area contributed by atoms with Gasteiger partial charge in [-0.3, -0.25) is 24.1 Å². The van der Waals surface area contributed by atoms with Gasteiger partial charge in [0.2, 0.25) is 0 Å². The molecule has 1 aromatic carbocycles. The number of carbonyl (C=O) groups excluding carboxylic acids is 4. The van der Waals surface area contributed by atoms with Crippen LogP contribution in [0.1, 0.15) is 27.1 Å². The summed E-state index contributed by atoms with van der Waals surface area (Å²) < 4.78 is 9.45. The molecular formula is C15H15NO6. The number of hydrogen-bond donors (Lipinski definition) is 0. The number of esters is 1. The van der Waals surface area contributed by atoms with E-state index in [1.807, 2.05) is 0 Å². The minimum Gasteiger partial charge on any atom is -0.469 e. The third-order valence-corrected chi connectivity index (χ3v) is 3.17. The minimum absolute atomic E-state index is 0.0262. The Kier molecular flexibility index (Phi) is 5.00. The van der Waals surface area contributed by atoms with E-state index in [2.05, 4.69) is 4.74 Å². The summed E-state index contributed by atoms with van der Waals surface area (Å²) in [6, 6.07) is 6.57.